The first-order chi connectivity index (χ1) is 13.5. The zero-order valence-corrected chi connectivity index (χ0v) is 15.7. The van der Waals surface area contributed by atoms with Crippen molar-refractivity contribution in [3.63, 3.8) is 0 Å². The SMILES string of the molecule is COc1cccc(CNC(=O)C2CN2Cc2cccc(OC(F)F)c2)c1OC. The molecule has 0 spiro atoms. The maximum atomic E-state index is 12.4. The Morgan fingerprint density at radius 1 is 1.21 bits per heavy atom. The molecule has 0 bridgehead atoms. The molecule has 1 heterocycles. The van der Waals surface area contributed by atoms with Gasteiger partial charge in [0.1, 0.15) is 11.8 Å². The number of hydrogen-bond acceptors (Lipinski definition) is 5. The largest absolute Gasteiger partial charge is 0.493 e. The van der Waals surface area contributed by atoms with Crippen LogP contribution in [-0.2, 0) is 17.9 Å². The van der Waals surface area contributed by atoms with E-state index >= 15 is 0 Å². The molecule has 1 fully saturated rings. The molecule has 2 aromatic carbocycles. The Bertz CT molecular complexity index is 832. The highest BCUT2D eigenvalue weighted by Gasteiger charge is 2.40. The van der Waals surface area contributed by atoms with Crippen molar-refractivity contribution in [2.45, 2.75) is 25.7 Å². The molecule has 1 aliphatic rings. The first kappa shape index (κ1) is 19.9. The molecule has 2 unspecified atom stereocenters. The molecule has 150 valence electrons. The molecule has 1 aliphatic heterocycles. The van der Waals surface area contributed by atoms with E-state index in [0.29, 0.717) is 31.1 Å². The van der Waals surface area contributed by atoms with Crippen molar-refractivity contribution in [3.05, 3.63) is 53.6 Å². The summed E-state index contributed by atoms with van der Waals surface area (Å²) in [6.45, 7) is -1.44. The number of ether oxygens (including phenoxy) is 3. The first-order valence-corrected chi connectivity index (χ1v) is 8.77. The van der Waals surface area contributed by atoms with E-state index in [1.54, 1.807) is 32.4 Å². The van der Waals surface area contributed by atoms with Crippen LogP contribution in [0.15, 0.2) is 42.5 Å². The second-order valence-electron chi connectivity index (χ2n) is 6.34. The van der Waals surface area contributed by atoms with E-state index in [9.17, 15) is 13.6 Å². The maximum Gasteiger partial charge on any atom is 0.387 e. The predicted molar refractivity (Wildman–Crippen MR) is 98.7 cm³/mol. The summed E-state index contributed by atoms with van der Waals surface area (Å²) in [6, 6.07) is 11.7. The first-order valence-electron chi connectivity index (χ1n) is 8.77. The van der Waals surface area contributed by atoms with Gasteiger partial charge >= 0.3 is 6.61 Å². The number of rotatable bonds is 9. The van der Waals surface area contributed by atoms with Crippen molar-refractivity contribution in [3.8, 4) is 17.2 Å². The summed E-state index contributed by atoms with van der Waals surface area (Å²) < 4.78 is 39.7. The van der Waals surface area contributed by atoms with Crippen LogP contribution in [-0.4, -0.2) is 44.2 Å². The van der Waals surface area contributed by atoms with E-state index in [1.807, 2.05) is 23.1 Å². The molecule has 0 aliphatic carbocycles. The molecule has 0 radical (unpaired) electrons. The monoisotopic (exact) mass is 392 g/mol. The van der Waals surface area contributed by atoms with E-state index in [4.69, 9.17) is 9.47 Å². The number of amides is 1. The van der Waals surface area contributed by atoms with Gasteiger partial charge in [-0.3, -0.25) is 9.69 Å². The summed E-state index contributed by atoms with van der Waals surface area (Å²) in [6.07, 6.45) is 0. The molecular weight excluding hydrogens is 370 g/mol. The van der Waals surface area contributed by atoms with Crippen LogP contribution in [0.25, 0.3) is 0 Å². The van der Waals surface area contributed by atoms with E-state index in [2.05, 4.69) is 10.1 Å². The third kappa shape index (κ3) is 4.89. The summed E-state index contributed by atoms with van der Waals surface area (Å²) >= 11 is 0. The smallest absolute Gasteiger partial charge is 0.387 e. The van der Waals surface area contributed by atoms with E-state index in [-0.39, 0.29) is 17.7 Å². The van der Waals surface area contributed by atoms with Gasteiger partial charge in [-0.25, -0.2) is 0 Å². The summed E-state index contributed by atoms with van der Waals surface area (Å²) in [7, 11) is 3.11. The number of alkyl halides is 2. The van der Waals surface area contributed by atoms with Gasteiger partial charge in [0.05, 0.1) is 14.2 Å². The van der Waals surface area contributed by atoms with Crippen molar-refractivity contribution in [2.24, 2.45) is 0 Å². The maximum absolute atomic E-state index is 12.4. The van der Waals surface area contributed by atoms with Crippen LogP contribution >= 0.6 is 0 Å². The second-order valence-corrected chi connectivity index (χ2v) is 6.34. The number of hydrogen-bond donors (Lipinski definition) is 1. The fraction of sp³-hybridized carbons (Fsp3) is 0.350. The van der Waals surface area contributed by atoms with Crippen molar-refractivity contribution in [1.82, 2.24) is 10.2 Å². The van der Waals surface area contributed by atoms with Gasteiger partial charge < -0.3 is 19.5 Å². The van der Waals surface area contributed by atoms with Crippen LogP contribution in [0.4, 0.5) is 8.78 Å². The summed E-state index contributed by atoms with van der Waals surface area (Å²) in [4.78, 5) is 14.3. The van der Waals surface area contributed by atoms with Crippen LogP contribution < -0.4 is 19.5 Å². The van der Waals surface area contributed by atoms with Crippen LogP contribution in [0, 0.1) is 0 Å². The average molecular weight is 392 g/mol. The lowest BCUT2D eigenvalue weighted by Crippen LogP contribution is -2.29. The Morgan fingerprint density at radius 2 is 2.00 bits per heavy atom. The minimum absolute atomic E-state index is 0.0927. The highest BCUT2D eigenvalue weighted by atomic mass is 19.3. The third-order valence-corrected chi connectivity index (χ3v) is 4.46. The zero-order chi connectivity index (χ0) is 20.1. The summed E-state index contributed by atoms with van der Waals surface area (Å²) in [5.74, 6) is 1.22. The van der Waals surface area contributed by atoms with E-state index in [0.717, 1.165) is 11.1 Å². The van der Waals surface area contributed by atoms with Crippen LogP contribution in [0.2, 0.25) is 0 Å². The topological polar surface area (TPSA) is 59.8 Å². The molecular formula is C20H22F2N2O4. The van der Waals surface area contributed by atoms with Crippen molar-refractivity contribution < 1.29 is 27.8 Å². The predicted octanol–water partition coefficient (Wildman–Crippen LogP) is 2.81. The number of carbonyl (C=O) groups is 1. The average Bonchev–Trinajstić information content (AvgIpc) is 3.44. The van der Waals surface area contributed by atoms with E-state index < -0.39 is 6.61 Å². The fourth-order valence-electron chi connectivity index (χ4n) is 3.05. The quantitative estimate of drug-likeness (QED) is 0.665. The molecule has 3 rings (SSSR count). The lowest BCUT2D eigenvalue weighted by molar-refractivity contribution is -0.121. The second kappa shape index (κ2) is 8.88. The van der Waals surface area contributed by atoms with Gasteiger partial charge in [0, 0.05) is 25.2 Å². The molecule has 0 aromatic heterocycles. The molecule has 6 nitrogen and oxygen atoms in total. The Kier molecular flexibility index (Phi) is 6.30. The number of para-hydroxylation sites is 1. The van der Waals surface area contributed by atoms with Gasteiger partial charge in [0.15, 0.2) is 11.5 Å². The van der Waals surface area contributed by atoms with Crippen molar-refractivity contribution >= 4 is 5.91 Å². The standard InChI is InChI=1S/C20H22F2N2O4/c1-26-17-8-4-6-14(18(17)27-2)10-23-19(25)16-12-24(16)11-13-5-3-7-15(9-13)28-20(21)22/h3-9,16,20H,10-12H2,1-2H3,(H,23,25). The third-order valence-electron chi connectivity index (χ3n) is 4.46. The Morgan fingerprint density at radius 3 is 2.71 bits per heavy atom. The van der Waals surface area contributed by atoms with Gasteiger partial charge in [0.25, 0.3) is 0 Å². The fourth-order valence-corrected chi connectivity index (χ4v) is 3.05. The molecule has 28 heavy (non-hydrogen) atoms. The molecule has 0 saturated carbocycles. The normalized spacial score (nSPS) is 17.9. The number of carbonyl (C=O) groups excluding carboxylic acids is 1. The Hall–Kier alpha value is -2.87. The van der Waals surface area contributed by atoms with Crippen LogP contribution in [0.1, 0.15) is 11.1 Å². The molecule has 8 heteroatoms. The Balaban J connectivity index is 1.53. The minimum Gasteiger partial charge on any atom is -0.493 e. The molecule has 1 saturated heterocycles. The van der Waals surface area contributed by atoms with E-state index in [1.165, 1.54) is 6.07 Å². The highest BCUT2D eigenvalue weighted by molar-refractivity contribution is 5.84. The van der Waals surface area contributed by atoms with Crippen LogP contribution in [0.3, 0.4) is 0 Å². The van der Waals surface area contributed by atoms with Crippen molar-refractivity contribution in [2.75, 3.05) is 20.8 Å². The van der Waals surface area contributed by atoms with Gasteiger partial charge in [-0.2, -0.15) is 8.78 Å². The summed E-state index contributed by atoms with van der Waals surface area (Å²) in [5.41, 5.74) is 1.63. The van der Waals surface area contributed by atoms with Crippen molar-refractivity contribution in [1.29, 1.82) is 0 Å². The van der Waals surface area contributed by atoms with Gasteiger partial charge in [0.2, 0.25) is 5.91 Å². The van der Waals surface area contributed by atoms with Crippen LogP contribution in [0.5, 0.6) is 17.2 Å². The molecule has 2 aromatic rings. The molecule has 1 amide bonds. The highest BCUT2D eigenvalue weighted by Crippen LogP contribution is 2.31. The van der Waals surface area contributed by atoms with Gasteiger partial charge in [-0.15, -0.1) is 0 Å². The minimum atomic E-state index is -2.86. The summed E-state index contributed by atoms with van der Waals surface area (Å²) in [5, 5.41) is 2.90. The molecule has 1 N–H and O–H groups in total. The molecule has 2 atom stereocenters. The number of methoxy groups -OCH3 is 2. The number of benzene rings is 2. The number of halogens is 2. The van der Waals surface area contributed by atoms with Gasteiger partial charge in [-0.05, 0) is 23.8 Å². The number of nitrogens with zero attached hydrogens (tertiary/aromatic N) is 1. The van der Waals surface area contributed by atoms with Gasteiger partial charge in [-0.1, -0.05) is 24.3 Å². The number of nitrogens with one attached hydrogen (secondary N) is 1. The zero-order valence-electron chi connectivity index (χ0n) is 15.7. The lowest BCUT2D eigenvalue weighted by Gasteiger charge is -2.13. The lowest BCUT2D eigenvalue weighted by atomic mass is 10.2. The Labute approximate surface area is 162 Å².